The van der Waals surface area contributed by atoms with Gasteiger partial charge in [0.15, 0.2) is 11.4 Å². The number of aliphatic imine (C=N–C) groups is 1. The molecule has 4 heterocycles. The molecule has 0 saturated heterocycles. The van der Waals surface area contributed by atoms with E-state index in [1.165, 1.54) is 55.7 Å². The molecule has 0 fully saturated rings. The lowest BCUT2D eigenvalue weighted by Gasteiger charge is -2.28. The molecule has 0 aliphatic heterocycles. The second-order valence-electron chi connectivity index (χ2n) is 34.4. The number of ether oxygens (including phenoxy) is 4. The van der Waals surface area contributed by atoms with E-state index in [-0.39, 0.29) is 98.6 Å². The average Bonchev–Trinajstić information content (AvgIpc) is 0.848. The first-order chi connectivity index (χ1) is 67.6. The van der Waals surface area contributed by atoms with Crippen molar-refractivity contribution in [3.05, 3.63) is 205 Å². The molecule has 1 aliphatic carbocycles. The number of likely N-dealkylation sites (N-methyl/N-ethyl adjacent to an activating group) is 3. The molecule has 0 spiro atoms. The quantitative estimate of drug-likeness (QED) is 0.00320. The number of nitrogens with one attached hydrogen (secondary N) is 13. The summed E-state index contributed by atoms with van der Waals surface area (Å²) in [6.45, 7) is 34.1. The highest BCUT2D eigenvalue weighted by atomic mass is 35.5. The summed E-state index contributed by atoms with van der Waals surface area (Å²) in [6.07, 6.45) is 6.23. The molecule has 1 aliphatic rings. The first-order valence-corrected chi connectivity index (χ1v) is 47.6. The van der Waals surface area contributed by atoms with E-state index in [0.717, 1.165) is 78.9 Å². The Hall–Kier alpha value is -14.9. The van der Waals surface area contributed by atoms with Crippen molar-refractivity contribution >= 4 is 163 Å². The van der Waals surface area contributed by atoms with Gasteiger partial charge in [0, 0.05) is 123 Å². The summed E-state index contributed by atoms with van der Waals surface area (Å²) in [4.78, 5) is 188. The van der Waals surface area contributed by atoms with E-state index in [1.54, 1.807) is 27.7 Å². The summed E-state index contributed by atoms with van der Waals surface area (Å²) in [5, 5.41) is 54.3. The number of halogens is 2. The maximum atomic E-state index is 12.5. The Bertz CT molecular complexity index is 5950. The summed E-state index contributed by atoms with van der Waals surface area (Å²) in [7, 11) is 1.20. The van der Waals surface area contributed by atoms with Crippen LogP contribution in [-0.4, -0.2) is 206 Å². The van der Waals surface area contributed by atoms with E-state index in [0.29, 0.717) is 152 Å². The number of hydrogen-bond acceptors (Lipinski definition) is 31. The van der Waals surface area contributed by atoms with E-state index in [4.69, 9.17) is 42.4 Å². The Balaban J connectivity index is 0.000000290. The first-order valence-electron chi connectivity index (χ1n) is 46.0. The number of aromatic nitrogens is 7. The number of non-ortho nitro benzene ring substituents is 1. The summed E-state index contributed by atoms with van der Waals surface area (Å²) in [5.41, 5.74) is 7.28. The van der Waals surface area contributed by atoms with Crippen LogP contribution in [0.3, 0.4) is 0 Å². The molecule has 0 bridgehead atoms. The molecule has 0 saturated carbocycles. The fraction of sp³-hybridized carbons (Fsp3) is 0.442. The maximum absolute atomic E-state index is 12.5. The van der Waals surface area contributed by atoms with Crippen LogP contribution in [0.1, 0.15) is 153 Å². The molecular formula is C95H126Cl2N26O18S. The molecule has 8 aromatic rings. The number of hydrogen-bond donors (Lipinski definition) is 13. The second-order valence-corrected chi connectivity index (χ2v) is 36.2. The number of allylic oxidation sites excluding steroid dienone is 3. The van der Waals surface area contributed by atoms with E-state index in [2.05, 4.69) is 156 Å². The van der Waals surface area contributed by atoms with E-state index < -0.39 is 53.2 Å². The highest BCUT2D eigenvalue weighted by Crippen LogP contribution is 2.34. The Morgan fingerprint density at radius 3 is 1.30 bits per heavy atom. The standard InChI is InChI=1S/C36H49ClN8O7.C30H40ClN9O5S.C29H37N9O6/c1-9-45(25-10-11-26(22(3)16-25)41-27-18-28(42-35(50)51-8)31(47)30(37)24(27)5)14-15-52-34(49)38-13-12-36(6,7)19-21(2)20-39-33(48)44-32-40-23(4)17-29(46)43-32;1-6-40(22-9-7-21(8-10-22)38-39-28-36-25(31)23(18-41)46-28)13-14-45-29(44)32-12-11-30(4,5)16-19(2)17-33-27(43)37-26-34-20(3)15-24(42)35-26;1-3-37(24-12-8-22(9-13-24)35-36-23-10-14-25(15-11-23)38(42)43)18-19-44-29(41)31-17-7-5-4-6-16-30-28(40)34-27-32-21(2)20-26(39)33-27/h10-11,16-18,21H,9,12-15,19-20H2,1-8H3,(H,38,49)(H,42,50)(H3,39,40,43,44,46,48);7-10,15,18-19H,6,11-14,16-17H2,1-5H3,(H,32,44)(H3,33,34,35,37,42,43);8-15,20H,3-7,16-19H2,1-2H3,(H,31,41)(H3,30,32,33,34,39,40). The minimum Gasteiger partial charge on any atom is -0.453 e. The topological polar surface area (TPSA) is 576 Å². The lowest BCUT2D eigenvalue weighted by Crippen LogP contribution is -2.35. The van der Waals surface area contributed by atoms with Gasteiger partial charge >= 0.3 is 42.5 Å². The molecule has 13 N–H and O–H groups in total. The Kier molecular flexibility index (Phi) is 46.8. The van der Waals surface area contributed by atoms with Crippen molar-refractivity contribution in [1.82, 2.24) is 72.1 Å². The number of thiazole rings is 1. The number of nitro groups is 1. The molecule has 10 amide bonds. The van der Waals surface area contributed by atoms with Crippen molar-refractivity contribution in [2.24, 2.45) is 48.1 Å². The number of benzene rings is 4. The van der Waals surface area contributed by atoms with Gasteiger partial charge in [-0.15, -0.1) is 10.2 Å². The van der Waals surface area contributed by atoms with Gasteiger partial charge in [-0.2, -0.15) is 10.2 Å². The molecule has 4 aromatic heterocycles. The van der Waals surface area contributed by atoms with Crippen LogP contribution >= 0.6 is 34.5 Å². The van der Waals surface area contributed by atoms with Crippen molar-refractivity contribution < 1.29 is 67.0 Å². The summed E-state index contributed by atoms with van der Waals surface area (Å²) < 4.78 is 20.8. The van der Waals surface area contributed by atoms with Gasteiger partial charge in [0.05, 0.1) is 70.9 Å². The van der Waals surface area contributed by atoms with Crippen molar-refractivity contribution in [3.8, 4) is 0 Å². The Morgan fingerprint density at radius 2 is 0.908 bits per heavy atom. The molecule has 9 rings (SSSR count). The van der Waals surface area contributed by atoms with Gasteiger partial charge in [-0.3, -0.25) is 70.3 Å². The number of carbonyl (C=O) groups excluding carboxylic acids is 9. The number of urea groups is 3. The van der Waals surface area contributed by atoms with Crippen LogP contribution in [0.4, 0.5) is 102 Å². The molecular weight excluding hydrogens is 1900 g/mol. The fourth-order valence-corrected chi connectivity index (χ4v) is 15.4. The summed E-state index contributed by atoms with van der Waals surface area (Å²) >= 11 is 13.2. The van der Waals surface area contributed by atoms with Crippen molar-refractivity contribution in [3.63, 3.8) is 0 Å². The number of azo groups is 2. The van der Waals surface area contributed by atoms with Crippen LogP contribution in [0.5, 0.6) is 0 Å². The van der Waals surface area contributed by atoms with Gasteiger partial charge in [-0.05, 0) is 213 Å². The third kappa shape index (κ3) is 41.6. The van der Waals surface area contributed by atoms with E-state index in [9.17, 15) is 67.6 Å². The third-order valence-electron chi connectivity index (χ3n) is 21.4. The van der Waals surface area contributed by atoms with Gasteiger partial charge < -0.3 is 65.5 Å². The molecule has 47 heteroatoms. The molecule has 0 radical (unpaired) electrons. The predicted octanol–water partition coefficient (Wildman–Crippen LogP) is 17.2. The number of ketones is 1. The van der Waals surface area contributed by atoms with Crippen molar-refractivity contribution in [2.75, 3.05) is 136 Å². The lowest BCUT2D eigenvalue weighted by molar-refractivity contribution is -0.384. The number of unbranched alkanes of at least 4 members (excludes halogenated alkanes) is 3. The Labute approximate surface area is 835 Å². The predicted molar refractivity (Wildman–Crippen MR) is 547 cm³/mol. The monoisotopic (exact) mass is 2020 g/mol. The molecule has 4 aromatic carbocycles. The molecule has 2 atom stereocenters. The zero-order valence-corrected chi connectivity index (χ0v) is 84.6. The van der Waals surface area contributed by atoms with Crippen LogP contribution < -0.4 is 84.5 Å². The molecule has 142 heavy (non-hydrogen) atoms. The van der Waals surface area contributed by atoms with Crippen molar-refractivity contribution in [1.29, 1.82) is 0 Å². The molecule has 44 nitrogen and oxygen atoms in total. The third-order valence-corrected chi connectivity index (χ3v) is 23.2. The Morgan fingerprint density at radius 1 is 0.514 bits per heavy atom. The smallest absolute Gasteiger partial charge is 0.411 e. The number of aldehydes is 1. The van der Waals surface area contributed by atoms with E-state index >= 15 is 0 Å². The fourth-order valence-electron chi connectivity index (χ4n) is 14.4. The van der Waals surface area contributed by atoms with E-state index in [1.807, 2.05) is 108 Å². The van der Waals surface area contributed by atoms with Gasteiger partial charge in [0.2, 0.25) is 28.8 Å². The van der Waals surface area contributed by atoms with Crippen LogP contribution in [0.15, 0.2) is 171 Å². The number of aromatic amines is 3. The number of rotatable bonds is 47. The second kappa shape index (κ2) is 58.2. The number of aryl methyl sites for hydroxylation is 4. The number of nitro benzene ring substituents is 1. The number of carbonyl (C=O) groups is 9. The number of alkyl carbamates (subject to hydrolysis) is 4. The van der Waals surface area contributed by atoms with Gasteiger partial charge in [0.1, 0.15) is 24.7 Å². The highest BCUT2D eigenvalue weighted by molar-refractivity contribution is 7.17. The zero-order chi connectivity index (χ0) is 104. The number of nitrogens with zero attached hydrogens (tertiary/aromatic N) is 13. The number of H-pyrrole nitrogens is 3. The van der Waals surface area contributed by atoms with Gasteiger partial charge in [-0.25, -0.2) is 58.5 Å². The van der Waals surface area contributed by atoms with Gasteiger partial charge in [-0.1, -0.05) is 88.9 Å². The number of anilines is 6. The first kappa shape index (κ1) is 114. The van der Waals surface area contributed by atoms with Gasteiger partial charge in [0.25, 0.3) is 22.4 Å². The van der Waals surface area contributed by atoms with Crippen LogP contribution in [0.25, 0.3) is 0 Å². The average molecular weight is 2020 g/mol. The highest BCUT2D eigenvalue weighted by Gasteiger charge is 2.28. The van der Waals surface area contributed by atoms with Crippen LogP contribution in [0, 0.1) is 60.5 Å². The lowest BCUT2D eigenvalue weighted by atomic mass is 9.80. The van der Waals surface area contributed by atoms with Crippen molar-refractivity contribution in [2.45, 2.75) is 148 Å². The summed E-state index contributed by atoms with van der Waals surface area (Å²) in [5.74, 6) is 0.0893. The van der Waals surface area contributed by atoms with Crippen LogP contribution in [-0.2, 0) is 23.7 Å². The minimum absolute atomic E-state index is 0.00534. The largest absolute Gasteiger partial charge is 0.453 e. The zero-order valence-electron chi connectivity index (χ0n) is 82.3. The normalized spacial score (nSPS) is 12.5. The number of methoxy groups -OCH3 is 1. The molecule has 2 unspecified atom stereocenters. The maximum Gasteiger partial charge on any atom is 0.411 e. The SMILES string of the molecule is CCN(CCOC(=O)NCCC(C)(C)CC(C)CNC(=O)Nc1nc(C)cc(=O)[nH]1)c1ccc(N=C2C=C(NC(=O)OC)C(=O)C(Cl)=C2C)c(C)c1.CCN(CCOC(=O)NCCC(C)(C)CC(C)CNC(=O)Nc1nc(C)cc(=O)[nH]1)c1ccc(N=Nc2nc(Cl)c(C=O)s2)cc1.CCN(CCOC(=O)NCCCCCCNC(=O)Nc1nc(C)cc(=O)[nH]1)c1ccc(N=Nc2ccc([N+](=O)[O-])cc2)cc1. The molecule has 764 valence electrons. The minimum atomic E-state index is -0.789. The summed E-state index contributed by atoms with van der Waals surface area (Å²) in [6, 6.07) is 29.1. The number of amides is 10. The van der Waals surface area contributed by atoms with Crippen LogP contribution in [0.2, 0.25) is 5.15 Å². The number of Topliss-reactive ketones (excluding diaryl/α,β-unsaturated/α-hetero) is 1.